The topological polar surface area (TPSA) is 344 Å². The second-order valence-electron chi connectivity index (χ2n) is 18.6. The predicted octanol–water partition coefficient (Wildman–Crippen LogP) is 2.25. The molecule has 3 aliphatic heterocycles. The number of benzene rings is 5. The van der Waals surface area contributed by atoms with Crippen LogP contribution in [0.5, 0.6) is 0 Å². The third-order valence-corrected chi connectivity index (χ3v) is 13.3. The molecule has 26 nitrogen and oxygen atoms in total. The summed E-state index contributed by atoms with van der Waals surface area (Å²) in [4.78, 5) is 175. The monoisotopic (exact) mass is 1080 g/mol. The lowest BCUT2D eigenvalue weighted by atomic mass is 9.93. The zero-order valence-electron chi connectivity index (χ0n) is 42.2. The number of carbonyl (C=O) groups excluding carboxylic acids is 11. The van der Waals surface area contributed by atoms with Crippen LogP contribution in [0.15, 0.2) is 91.0 Å². The van der Waals surface area contributed by atoms with Gasteiger partial charge in [-0.25, -0.2) is 4.79 Å². The van der Waals surface area contributed by atoms with Crippen LogP contribution >= 0.6 is 0 Å². The van der Waals surface area contributed by atoms with E-state index < -0.39 is 113 Å². The Labute approximate surface area is 447 Å². The number of rotatable bonds is 24. The Hall–Kier alpha value is -9.85. The van der Waals surface area contributed by atoms with Crippen molar-refractivity contribution in [2.24, 2.45) is 0 Å². The number of imide groups is 3. The van der Waals surface area contributed by atoms with Gasteiger partial charge in [0.1, 0.15) is 12.1 Å². The lowest BCUT2D eigenvalue weighted by Crippen LogP contribution is -2.56. The molecule has 10 amide bonds. The van der Waals surface area contributed by atoms with Crippen molar-refractivity contribution in [1.29, 1.82) is 0 Å². The van der Waals surface area contributed by atoms with Gasteiger partial charge in [0.25, 0.3) is 46.8 Å². The molecule has 1 unspecified atom stereocenters. The number of hydrogen-bond donors (Lipinski definition) is 4. The fraction of sp³-hybridized carbons (Fsp3) is 0.302. The molecular formula is C53H50N10O16. The van der Waals surface area contributed by atoms with Gasteiger partial charge in [0, 0.05) is 105 Å². The van der Waals surface area contributed by atoms with E-state index in [9.17, 15) is 73.0 Å². The van der Waals surface area contributed by atoms with Crippen LogP contribution in [-0.4, -0.2) is 153 Å². The van der Waals surface area contributed by atoms with Crippen molar-refractivity contribution in [3.8, 4) is 0 Å². The standard InChI is InChI=1S/C53H50N10O16/c1-30(56-42(65)29-55-41(64)14-17-45(68)79-61-43(66)15-16-44(61)67)48(69)57-40(24-31-8-3-2-4-9-31)53(74)58(22-23-60-50(71)37-13-6-11-33-26-35(63(77)78)28-39(47(33)37)52(60)73)20-7-18-54-19-21-59-49(70)36-12-5-10-32-25-34(62(75)76)27-38(46(32)36)51(59)72/h2-6,8-13,25-28,30,40,54H,7,14-24,29H2,1H3,(H,55,64)(H,56,65)(H,57,69)/t30?,40-/m0/s1. The second-order valence-corrected chi connectivity index (χ2v) is 18.6. The molecule has 0 bridgehead atoms. The molecule has 0 radical (unpaired) electrons. The molecule has 26 heteroatoms. The van der Waals surface area contributed by atoms with Crippen LogP contribution in [0.2, 0.25) is 0 Å². The van der Waals surface area contributed by atoms with Gasteiger partial charge >= 0.3 is 5.97 Å². The van der Waals surface area contributed by atoms with Gasteiger partial charge in [0.2, 0.25) is 23.6 Å². The molecule has 2 atom stereocenters. The van der Waals surface area contributed by atoms with Crippen LogP contribution < -0.4 is 21.3 Å². The van der Waals surface area contributed by atoms with Gasteiger partial charge in [-0.05, 0) is 48.4 Å². The lowest BCUT2D eigenvalue weighted by molar-refractivity contribution is -0.384. The second kappa shape index (κ2) is 24.0. The van der Waals surface area contributed by atoms with E-state index in [2.05, 4.69) is 21.3 Å². The molecule has 1 saturated heterocycles. The van der Waals surface area contributed by atoms with Crippen LogP contribution in [0, 0.1) is 20.2 Å². The zero-order chi connectivity index (χ0) is 56.7. The van der Waals surface area contributed by atoms with E-state index >= 15 is 0 Å². The Morgan fingerprint density at radius 1 is 0.646 bits per heavy atom. The number of non-ortho nitro benzene ring substituents is 2. The van der Waals surface area contributed by atoms with Crippen LogP contribution in [0.1, 0.15) is 86.0 Å². The van der Waals surface area contributed by atoms with Crippen molar-refractivity contribution in [1.82, 2.24) is 41.0 Å². The number of hydrogen-bond acceptors (Lipinski definition) is 17. The molecule has 5 aromatic rings. The highest BCUT2D eigenvalue weighted by Gasteiger charge is 2.38. The van der Waals surface area contributed by atoms with Crippen molar-refractivity contribution in [3.63, 3.8) is 0 Å². The molecule has 3 heterocycles. The van der Waals surface area contributed by atoms with Gasteiger partial charge in [0.15, 0.2) is 0 Å². The Morgan fingerprint density at radius 3 is 1.77 bits per heavy atom. The number of nitrogens with one attached hydrogen (secondary N) is 4. The minimum Gasteiger partial charge on any atom is -0.347 e. The van der Waals surface area contributed by atoms with E-state index in [4.69, 9.17) is 4.84 Å². The highest BCUT2D eigenvalue weighted by Crippen LogP contribution is 2.35. The summed E-state index contributed by atoms with van der Waals surface area (Å²) in [6.45, 7) is -0.00183. The normalized spacial score (nSPS) is 14.6. The summed E-state index contributed by atoms with van der Waals surface area (Å²) in [6.07, 6.45) is -1.14. The molecule has 0 saturated carbocycles. The first-order valence-electron chi connectivity index (χ1n) is 24.9. The summed E-state index contributed by atoms with van der Waals surface area (Å²) >= 11 is 0. The van der Waals surface area contributed by atoms with Crippen LogP contribution in [0.4, 0.5) is 11.4 Å². The number of carbonyl (C=O) groups is 11. The number of nitro groups is 2. The van der Waals surface area contributed by atoms with E-state index in [-0.39, 0.29) is 97.4 Å². The summed E-state index contributed by atoms with van der Waals surface area (Å²) in [6, 6.07) is 19.9. The van der Waals surface area contributed by atoms with Gasteiger partial charge in [0.05, 0.1) is 33.9 Å². The molecule has 4 N–H and O–H groups in total. The average molecular weight is 1080 g/mol. The number of nitrogens with zero attached hydrogens (tertiary/aromatic N) is 6. The highest BCUT2D eigenvalue weighted by molar-refractivity contribution is 6.27. The minimum absolute atomic E-state index is 0.00352. The van der Waals surface area contributed by atoms with Gasteiger partial charge in [-0.3, -0.25) is 78.0 Å². The number of nitro benzene ring substituents is 2. The van der Waals surface area contributed by atoms with E-state index in [1.807, 2.05) is 0 Å². The van der Waals surface area contributed by atoms with E-state index in [1.165, 1.54) is 42.2 Å². The largest absolute Gasteiger partial charge is 0.347 e. The van der Waals surface area contributed by atoms with Crippen LogP contribution in [0.25, 0.3) is 21.5 Å². The summed E-state index contributed by atoms with van der Waals surface area (Å²) in [7, 11) is 0. The molecule has 5 aromatic carbocycles. The summed E-state index contributed by atoms with van der Waals surface area (Å²) < 4.78 is 0. The maximum atomic E-state index is 14.9. The Bertz CT molecular complexity index is 3390. The van der Waals surface area contributed by atoms with Crippen molar-refractivity contribution in [2.45, 2.75) is 57.5 Å². The van der Waals surface area contributed by atoms with Gasteiger partial charge < -0.3 is 31.0 Å². The fourth-order valence-electron chi connectivity index (χ4n) is 9.38. The third kappa shape index (κ3) is 12.4. The number of hydroxylamine groups is 2. The molecule has 3 aliphatic rings. The minimum atomic E-state index is -1.34. The van der Waals surface area contributed by atoms with Crippen molar-refractivity contribution in [2.75, 3.05) is 45.8 Å². The van der Waals surface area contributed by atoms with E-state index in [0.29, 0.717) is 26.8 Å². The first kappa shape index (κ1) is 55.4. The first-order chi connectivity index (χ1) is 37.8. The highest BCUT2D eigenvalue weighted by atomic mass is 16.7. The molecule has 0 aliphatic carbocycles. The summed E-state index contributed by atoms with van der Waals surface area (Å²) in [5.74, 6) is -8.40. The molecule has 79 heavy (non-hydrogen) atoms. The molecule has 1 fully saturated rings. The Balaban J connectivity index is 0.941. The van der Waals surface area contributed by atoms with Crippen molar-refractivity contribution < 1.29 is 67.4 Å². The third-order valence-electron chi connectivity index (χ3n) is 13.3. The zero-order valence-corrected chi connectivity index (χ0v) is 42.2. The maximum Gasteiger partial charge on any atom is 0.333 e. The summed E-state index contributed by atoms with van der Waals surface area (Å²) in [5.41, 5.74) is 0.122. The number of amides is 10. The Morgan fingerprint density at radius 2 is 1.20 bits per heavy atom. The van der Waals surface area contributed by atoms with Gasteiger partial charge in [-0.1, -0.05) is 54.6 Å². The van der Waals surface area contributed by atoms with E-state index in [1.54, 1.807) is 48.5 Å². The molecule has 0 aromatic heterocycles. The molecule has 8 rings (SSSR count). The van der Waals surface area contributed by atoms with Gasteiger partial charge in [-0.15, -0.1) is 5.06 Å². The van der Waals surface area contributed by atoms with E-state index in [0.717, 1.165) is 21.9 Å². The summed E-state index contributed by atoms with van der Waals surface area (Å²) in [5, 5.41) is 35.7. The lowest BCUT2D eigenvalue weighted by Gasteiger charge is -2.32. The molecular weight excluding hydrogens is 1030 g/mol. The quantitative estimate of drug-likeness (QED) is 0.0298. The Kier molecular flexibility index (Phi) is 16.8. The first-order valence-corrected chi connectivity index (χ1v) is 24.9. The smallest absolute Gasteiger partial charge is 0.333 e. The van der Waals surface area contributed by atoms with Crippen LogP contribution in [-0.2, 0) is 44.8 Å². The van der Waals surface area contributed by atoms with Crippen LogP contribution in [0.3, 0.4) is 0 Å². The fourth-order valence-corrected chi connectivity index (χ4v) is 9.38. The van der Waals surface area contributed by atoms with Gasteiger partial charge in [-0.2, -0.15) is 0 Å². The maximum absolute atomic E-state index is 14.9. The van der Waals surface area contributed by atoms with Crippen molar-refractivity contribution in [3.05, 3.63) is 139 Å². The average Bonchev–Trinajstić information content (AvgIpc) is 3.94. The SMILES string of the molecule is CC(NC(=O)CNC(=O)CCC(=O)ON1C(=O)CCC1=O)C(=O)N[C@@H](Cc1ccccc1)C(=O)N(CCCNCCN1C(=O)c2cccc3cc([N+](=O)[O-])cc(c23)C1=O)CCN1C(=O)c2cccc3cc([N+](=O)[O-])cc(c23)C1=O. The molecule has 408 valence electrons. The molecule has 0 spiro atoms. The van der Waals surface area contributed by atoms with Crippen molar-refractivity contribution >= 4 is 98.0 Å². The predicted molar refractivity (Wildman–Crippen MR) is 275 cm³/mol.